The number of aromatic amines is 1. The fourth-order valence-electron chi connectivity index (χ4n) is 2.62. The van der Waals surface area contributed by atoms with Crippen molar-refractivity contribution in [3.8, 4) is 23.0 Å². The number of tetrazole rings is 1. The molecule has 8 nitrogen and oxygen atoms in total. The van der Waals surface area contributed by atoms with Gasteiger partial charge in [-0.15, -0.1) is 10.2 Å². The molecule has 10 heteroatoms. The number of H-pyrrole nitrogens is 1. The van der Waals surface area contributed by atoms with E-state index >= 15 is 0 Å². The average Bonchev–Trinajstić information content (AvgIpc) is 3.30. The molecule has 4 rings (SSSR count). The van der Waals surface area contributed by atoms with Crippen LogP contribution in [0.3, 0.4) is 0 Å². The van der Waals surface area contributed by atoms with Gasteiger partial charge in [0.15, 0.2) is 0 Å². The lowest BCUT2D eigenvalue weighted by atomic mass is 10.1. The van der Waals surface area contributed by atoms with Gasteiger partial charge in [-0.25, -0.2) is 13.8 Å². The average molecular weight is 408 g/mol. The van der Waals surface area contributed by atoms with Crippen molar-refractivity contribution in [3.63, 3.8) is 0 Å². The zero-order chi connectivity index (χ0) is 20.9. The smallest absolute Gasteiger partial charge is 0.257 e. The van der Waals surface area contributed by atoms with Crippen LogP contribution in [-0.4, -0.2) is 31.5 Å². The van der Waals surface area contributed by atoms with Crippen LogP contribution < -0.4 is 10.1 Å². The van der Waals surface area contributed by atoms with Gasteiger partial charge < -0.3 is 10.1 Å². The first-order chi connectivity index (χ1) is 14.6. The van der Waals surface area contributed by atoms with Crippen LogP contribution in [0.2, 0.25) is 0 Å². The molecule has 4 aromatic rings. The van der Waals surface area contributed by atoms with Crippen molar-refractivity contribution in [2.24, 2.45) is 0 Å². The fraction of sp³-hybridized carbons (Fsp3) is 0.0500. The highest BCUT2D eigenvalue weighted by molar-refractivity contribution is 5.96. The summed E-state index contributed by atoms with van der Waals surface area (Å²) < 4.78 is 32.3. The summed E-state index contributed by atoms with van der Waals surface area (Å²) >= 11 is 0. The largest absolute Gasteiger partial charge is 0.438 e. The highest BCUT2D eigenvalue weighted by Crippen LogP contribution is 2.24. The Morgan fingerprint density at radius 2 is 1.80 bits per heavy atom. The lowest BCUT2D eigenvalue weighted by molar-refractivity contribution is 0.0947. The molecule has 150 valence electrons. The van der Waals surface area contributed by atoms with Crippen molar-refractivity contribution in [1.29, 1.82) is 0 Å². The number of aromatic nitrogens is 5. The molecule has 1 amide bonds. The maximum Gasteiger partial charge on any atom is 0.257 e. The number of carbonyl (C=O) groups is 1. The van der Waals surface area contributed by atoms with Gasteiger partial charge in [-0.3, -0.25) is 4.79 Å². The molecule has 0 bridgehead atoms. The number of ether oxygens (including phenoxy) is 1. The lowest BCUT2D eigenvalue weighted by Crippen LogP contribution is -2.23. The second-order valence-electron chi connectivity index (χ2n) is 6.18. The van der Waals surface area contributed by atoms with Crippen LogP contribution in [0.4, 0.5) is 8.78 Å². The first kappa shape index (κ1) is 19.1. The number of halogens is 2. The Morgan fingerprint density at radius 1 is 1.03 bits per heavy atom. The Hall–Kier alpha value is -4.21. The van der Waals surface area contributed by atoms with Gasteiger partial charge in [0.05, 0.1) is 6.20 Å². The third-order valence-electron chi connectivity index (χ3n) is 4.10. The van der Waals surface area contributed by atoms with Crippen molar-refractivity contribution in [3.05, 3.63) is 83.6 Å². The molecule has 0 aliphatic carbocycles. The third kappa shape index (κ3) is 4.43. The first-order valence-corrected chi connectivity index (χ1v) is 8.78. The molecular formula is C20H14F2N6O2. The number of rotatable bonds is 6. The minimum atomic E-state index is -0.684. The van der Waals surface area contributed by atoms with Crippen LogP contribution in [0, 0.1) is 11.6 Å². The molecule has 0 radical (unpaired) electrons. The summed E-state index contributed by atoms with van der Waals surface area (Å²) in [4.78, 5) is 16.4. The van der Waals surface area contributed by atoms with Crippen LogP contribution in [0.15, 0.2) is 60.8 Å². The fourth-order valence-corrected chi connectivity index (χ4v) is 2.62. The molecule has 2 N–H and O–H groups in total. The van der Waals surface area contributed by atoms with E-state index in [1.807, 2.05) is 0 Å². The number of nitrogens with one attached hydrogen (secondary N) is 2. The van der Waals surface area contributed by atoms with Gasteiger partial charge in [0.1, 0.15) is 22.9 Å². The topological polar surface area (TPSA) is 106 Å². The lowest BCUT2D eigenvalue weighted by Gasteiger charge is -2.11. The van der Waals surface area contributed by atoms with Crippen molar-refractivity contribution in [2.75, 3.05) is 0 Å². The van der Waals surface area contributed by atoms with E-state index in [0.717, 1.165) is 23.4 Å². The Labute approximate surface area is 168 Å². The van der Waals surface area contributed by atoms with Crippen LogP contribution >= 0.6 is 0 Å². The summed E-state index contributed by atoms with van der Waals surface area (Å²) in [5, 5.41) is 16.4. The molecule has 30 heavy (non-hydrogen) atoms. The second kappa shape index (κ2) is 8.43. The number of benzene rings is 2. The molecule has 0 atom stereocenters. The van der Waals surface area contributed by atoms with Crippen LogP contribution in [0.5, 0.6) is 11.6 Å². The molecule has 2 aromatic carbocycles. The van der Waals surface area contributed by atoms with E-state index in [4.69, 9.17) is 4.74 Å². The maximum atomic E-state index is 13.7. The van der Waals surface area contributed by atoms with Crippen LogP contribution in [-0.2, 0) is 6.54 Å². The van der Waals surface area contributed by atoms with Gasteiger partial charge in [0.2, 0.25) is 11.7 Å². The molecule has 0 aliphatic heterocycles. The van der Waals surface area contributed by atoms with Crippen molar-refractivity contribution in [2.45, 2.75) is 6.54 Å². The first-order valence-electron chi connectivity index (χ1n) is 8.78. The van der Waals surface area contributed by atoms with E-state index < -0.39 is 17.5 Å². The van der Waals surface area contributed by atoms with Gasteiger partial charge in [0, 0.05) is 12.1 Å². The molecule has 2 aromatic heterocycles. The molecule has 0 spiro atoms. The molecule has 2 heterocycles. The minimum Gasteiger partial charge on any atom is -0.438 e. The molecule has 0 unspecified atom stereocenters. The van der Waals surface area contributed by atoms with Gasteiger partial charge >= 0.3 is 0 Å². The maximum absolute atomic E-state index is 13.7. The summed E-state index contributed by atoms with van der Waals surface area (Å²) in [6, 6.07) is 13.4. The van der Waals surface area contributed by atoms with Crippen molar-refractivity contribution < 1.29 is 18.3 Å². The molecule has 0 saturated heterocycles. The molecule has 0 aliphatic rings. The van der Waals surface area contributed by atoms with Gasteiger partial charge in [-0.1, -0.05) is 24.3 Å². The SMILES string of the molecule is O=C(NCc1ccc(-c2nn[nH]n2)cc1)c1cc(F)cnc1Oc1ccc(F)cc1. The summed E-state index contributed by atoms with van der Waals surface area (Å²) in [7, 11) is 0. The number of amides is 1. The summed E-state index contributed by atoms with van der Waals surface area (Å²) in [6.45, 7) is 0.192. The van der Waals surface area contributed by atoms with E-state index in [-0.39, 0.29) is 23.7 Å². The van der Waals surface area contributed by atoms with Crippen molar-refractivity contribution >= 4 is 5.91 Å². The van der Waals surface area contributed by atoms with Gasteiger partial charge in [-0.05, 0) is 41.1 Å². The van der Waals surface area contributed by atoms with E-state index in [1.165, 1.54) is 24.3 Å². The number of carbonyl (C=O) groups excluding carboxylic acids is 1. The summed E-state index contributed by atoms with van der Waals surface area (Å²) in [5.41, 5.74) is 1.49. The van der Waals surface area contributed by atoms with Crippen molar-refractivity contribution in [1.82, 2.24) is 30.9 Å². The third-order valence-corrected chi connectivity index (χ3v) is 4.10. The van der Waals surface area contributed by atoms with E-state index in [9.17, 15) is 13.6 Å². The summed E-state index contributed by atoms with van der Waals surface area (Å²) in [6.07, 6.45) is 0.937. The summed E-state index contributed by atoms with van der Waals surface area (Å²) in [5.74, 6) is -1.05. The zero-order valence-corrected chi connectivity index (χ0v) is 15.3. The molecule has 0 saturated carbocycles. The number of pyridine rings is 1. The highest BCUT2D eigenvalue weighted by atomic mass is 19.1. The van der Waals surface area contributed by atoms with Gasteiger partial charge in [-0.2, -0.15) is 5.21 Å². The van der Waals surface area contributed by atoms with E-state index in [2.05, 4.69) is 30.9 Å². The van der Waals surface area contributed by atoms with E-state index in [0.29, 0.717) is 5.82 Å². The Morgan fingerprint density at radius 3 is 2.50 bits per heavy atom. The Balaban J connectivity index is 1.46. The van der Waals surface area contributed by atoms with Crippen LogP contribution in [0.25, 0.3) is 11.4 Å². The highest BCUT2D eigenvalue weighted by Gasteiger charge is 2.16. The zero-order valence-electron chi connectivity index (χ0n) is 15.3. The van der Waals surface area contributed by atoms with E-state index in [1.54, 1.807) is 24.3 Å². The Bertz CT molecular complexity index is 1150. The number of hydrogen-bond donors (Lipinski definition) is 2. The number of hydrogen-bond acceptors (Lipinski definition) is 6. The minimum absolute atomic E-state index is 0.0808. The second-order valence-corrected chi connectivity index (χ2v) is 6.18. The number of nitrogens with zero attached hydrogens (tertiary/aromatic N) is 4. The van der Waals surface area contributed by atoms with Crippen LogP contribution in [0.1, 0.15) is 15.9 Å². The predicted octanol–water partition coefficient (Wildman–Crippen LogP) is 3.26. The normalized spacial score (nSPS) is 10.6. The quantitative estimate of drug-likeness (QED) is 0.507. The van der Waals surface area contributed by atoms with Gasteiger partial charge in [0.25, 0.3) is 5.91 Å². The standard InChI is InChI=1S/C20H14F2N6O2/c21-14-5-7-16(8-6-14)30-20-17(9-15(22)11-24-20)19(29)23-10-12-1-3-13(4-2-12)18-25-27-28-26-18/h1-9,11H,10H2,(H,23,29)(H,25,26,27,28). The monoisotopic (exact) mass is 408 g/mol. The predicted molar refractivity (Wildman–Crippen MR) is 101 cm³/mol. The Kier molecular flexibility index (Phi) is 5.37. The molecular weight excluding hydrogens is 394 g/mol. The molecule has 0 fully saturated rings.